The largest absolute Gasteiger partial charge is 0.472 e. The molecule has 0 radical (unpaired) electrons. The number of rotatable bonds is 3. The molecule has 31 heavy (non-hydrogen) atoms. The SMILES string of the molecule is C[C@H](Oc1nc(Cl)c(Cl)c2nc[nH]c(=O)c12)[C@H]1NC[C@H]2CC[C@@H]1N2C(=O)OC(C)(C)C. The summed E-state index contributed by atoms with van der Waals surface area (Å²) in [4.78, 5) is 37.9. The van der Waals surface area contributed by atoms with Gasteiger partial charge in [0.15, 0.2) is 5.15 Å². The van der Waals surface area contributed by atoms with E-state index in [-0.39, 0.29) is 51.2 Å². The van der Waals surface area contributed by atoms with Crippen molar-refractivity contribution in [2.75, 3.05) is 6.54 Å². The number of aromatic nitrogens is 3. The fourth-order valence-electron chi connectivity index (χ4n) is 4.34. The maximum atomic E-state index is 12.8. The molecule has 2 aliphatic rings. The number of carbonyl (C=O) groups is 1. The standard InChI is InChI=1S/C20H25Cl2N5O4/c1-9(30-18-12-15(13(21)16(22)26-18)24-8-25-17(12)28)14-11-6-5-10(7-23-14)27(11)19(29)31-20(2,3)4/h8-11,14,23H,5-7H2,1-4H3,(H,24,25,28)/t9-,10+,11-,14+/m0/s1. The molecule has 2 fully saturated rings. The summed E-state index contributed by atoms with van der Waals surface area (Å²) in [6.45, 7) is 8.05. The second kappa shape index (κ2) is 8.11. The van der Waals surface area contributed by atoms with Crippen molar-refractivity contribution in [1.82, 2.24) is 25.2 Å². The first-order valence-corrected chi connectivity index (χ1v) is 11.0. The Bertz CT molecular complexity index is 1070. The molecule has 168 valence electrons. The highest BCUT2D eigenvalue weighted by molar-refractivity contribution is 6.44. The van der Waals surface area contributed by atoms with Crippen molar-refractivity contribution in [3.8, 4) is 5.88 Å². The summed E-state index contributed by atoms with van der Waals surface area (Å²) in [6.07, 6.45) is 2.21. The number of piperazine rings is 1. The van der Waals surface area contributed by atoms with Crippen molar-refractivity contribution in [2.45, 2.75) is 70.4 Å². The average molecular weight is 470 g/mol. The molecule has 9 nitrogen and oxygen atoms in total. The fraction of sp³-hybridized carbons (Fsp3) is 0.600. The lowest BCUT2D eigenvalue weighted by Gasteiger charge is -2.42. The fourth-order valence-corrected chi connectivity index (χ4v) is 4.69. The van der Waals surface area contributed by atoms with Crippen LogP contribution in [-0.2, 0) is 4.74 Å². The number of aromatic amines is 1. The van der Waals surface area contributed by atoms with Gasteiger partial charge in [0.1, 0.15) is 27.6 Å². The van der Waals surface area contributed by atoms with E-state index in [9.17, 15) is 9.59 Å². The first-order chi connectivity index (χ1) is 14.6. The number of hydrogen-bond acceptors (Lipinski definition) is 7. The van der Waals surface area contributed by atoms with Crippen molar-refractivity contribution in [3.63, 3.8) is 0 Å². The molecule has 2 N–H and O–H groups in total. The monoisotopic (exact) mass is 469 g/mol. The minimum Gasteiger partial charge on any atom is -0.472 e. The Morgan fingerprint density at radius 3 is 2.77 bits per heavy atom. The van der Waals surface area contributed by atoms with E-state index in [1.807, 2.05) is 32.6 Å². The van der Waals surface area contributed by atoms with E-state index in [1.165, 1.54) is 6.33 Å². The van der Waals surface area contributed by atoms with Gasteiger partial charge in [0.05, 0.1) is 18.4 Å². The van der Waals surface area contributed by atoms with E-state index in [1.54, 1.807) is 0 Å². The van der Waals surface area contributed by atoms with Crippen LogP contribution in [0, 0.1) is 0 Å². The molecular weight excluding hydrogens is 445 g/mol. The zero-order valence-electron chi connectivity index (χ0n) is 17.7. The Morgan fingerprint density at radius 2 is 2.06 bits per heavy atom. The summed E-state index contributed by atoms with van der Waals surface area (Å²) in [5.41, 5.74) is -0.776. The van der Waals surface area contributed by atoms with Crippen LogP contribution in [0.1, 0.15) is 40.5 Å². The van der Waals surface area contributed by atoms with Crippen LogP contribution in [0.2, 0.25) is 10.2 Å². The molecule has 0 saturated carbocycles. The normalized spacial score (nSPS) is 24.3. The maximum absolute atomic E-state index is 12.8. The summed E-state index contributed by atoms with van der Waals surface area (Å²) in [5, 5.41) is 3.70. The lowest BCUT2D eigenvalue weighted by Crippen LogP contribution is -2.64. The van der Waals surface area contributed by atoms with Crippen molar-refractivity contribution in [1.29, 1.82) is 0 Å². The van der Waals surface area contributed by atoms with Gasteiger partial charge in [0, 0.05) is 12.6 Å². The third-order valence-electron chi connectivity index (χ3n) is 5.61. The molecule has 2 saturated heterocycles. The van der Waals surface area contributed by atoms with Crippen LogP contribution in [0.15, 0.2) is 11.1 Å². The Morgan fingerprint density at radius 1 is 1.32 bits per heavy atom. The molecule has 1 amide bonds. The van der Waals surface area contributed by atoms with Gasteiger partial charge in [-0.15, -0.1) is 0 Å². The van der Waals surface area contributed by atoms with Gasteiger partial charge in [0.2, 0.25) is 5.88 Å². The van der Waals surface area contributed by atoms with Gasteiger partial charge < -0.3 is 19.8 Å². The molecular formula is C20H25Cl2N5O4. The highest BCUT2D eigenvalue weighted by Crippen LogP contribution is 2.35. The van der Waals surface area contributed by atoms with Crippen LogP contribution in [0.3, 0.4) is 0 Å². The minimum atomic E-state index is -0.573. The summed E-state index contributed by atoms with van der Waals surface area (Å²) in [7, 11) is 0. The topological polar surface area (TPSA) is 109 Å². The summed E-state index contributed by atoms with van der Waals surface area (Å²) in [5.74, 6) is 0.0528. The third-order valence-corrected chi connectivity index (χ3v) is 6.34. The van der Waals surface area contributed by atoms with E-state index in [0.29, 0.717) is 6.54 Å². The van der Waals surface area contributed by atoms with Gasteiger partial charge in [-0.3, -0.25) is 9.69 Å². The second-order valence-corrected chi connectivity index (χ2v) is 9.66. The molecule has 0 unspecified atom stereocenters. The number of pyridine rings is 1. The molecule has 11 heteroatoms. The number of amides is 1. The predicted octanol–water partition coefficient (Wildman–Crippen LogP) is 3.13. The number of H-pyrrole nitrogens is 1. The van der Waals surface area contributed by atoms with Gasteiger partial charge in [-0.1, -0.05) is 23.2 Å². The molecule has 2 aliphatic heterocycles. The van der Waals surface area contributed by atoms with E-state index in [4.69, 9.17) is 32.7 Å². The summed E-state index contributed by atoms with van der Waals surface area (Å²) in [6, 6.07) is -0.207. The number of carbonyl (C=O) groups excluding carboxylic acids is 1. The predicted molar refractivity (Wildman–Crippen MR) is 117 cm³/mol. The molecule has 4 heterocycles. The number of fused-ring (bicyclic) bond motifs is 3. The Hall–Kier alpha value is -2.10. The number of nitrogens with zero attached hydrogens (tertiary/aromatic N) is 3. The number of ether oxygens (including phenoxy) is 2. The van der Waals surface area contributed by atoms with Gasteiger partial charge in [-0.05, 0) is 40.5 Å². The van der Waals surface area contributed by atoms with Crippen LogP contribution in [0.5, 0.6) is 5.88 Å². The molecule has 0 aromatic carbocycles. The van der Waals surface area contributed by atoms with Crippen LogP contribution >= 0.6 is 23.2 Å². The van der Waals surface area contributed by atoms with Crippen LogP contribution in [0.4, 0.5) is 4.79 Å². The number of hydrogen-bond donors (Lipinski definition) is 2. The highest BCUT2D eigenvalue weighted by atomic mass is 35.5. The van der Waals surface area contributed by atoms with Gasteiger partial charge in [-0.2, -0.15) is 4.98 Å². The van der Waals surface area contributed by atoms with Gasteiger partial charge in [0.25, 0.3) is 5.56 Å². The first-order valence-electron chi connectivity index (χ1n) is 10.2. The molecule has 2 bridgehead atoms. The average Bonchev–Trinajstić information content (AvgIpc) is 2.97. The molecule has 4 atom stereocenters. The van der Waals surface area contributed by atoms with E-state index in [2.05, 4.69) is 20.3 Å². The van der Waals surface area contributed by atoms with Gasteiger partial charge >= 0.3 is 6.09 Å². The van der Waals surface area contributed by atoms with Crippen molar-refractivity contribution >= 4 is 40.2 Å². The maximum Gasteiger partial charge on any atom is 0.410 e. The number of halogens is 2. The van der Waals surface area contributed by atoms with Crippen LogP contribution < -0.4 is 15.6 Å². The molecule has 2 aromatic heterocycles. The van der Waals surface area contributed by atoms with Crippen molar-refractivity contribution in [2.24, 2.45) is 0 Å². The smallest absolute Gasteiger partial charge is 0.410 e. The summed E-state index contributed by atoms with van der Waals surface area (Å²) >= 11 is 12.3. The zero-order chi connectivity index (χ0) is 22.5. The summed E-state index contributed by atoms with van der Waals surface area (Å²) < 4.78 is 11.7. The Labute approximate surface area is 189 Å². The lowest BCUT2D eigenvalue weighted by molar-refractivity contribution is -0.00491. The van der Waals surface area contributed by atoms with Crippen molar-refractivity contribution < 1.29 is 14.3 Å². The van der Waals surface area contributed by atoms with E-state index < -0.39 is 17.3 Å². The minimum absolute atomic E-state index is 0.00221. The zero-order valence-corrected chi connectivity index (χ0v) is 19.3. The molecule has 0 spiro atoms. The lowest BCUT2D eigenvalue weighted by atomic mass is 10.0. The highest BCUT2D eigenvalue weighted by Gasteiger charge is 2.48. The quantitative estimate of drug-likeness (QED) is 0.664. The molecule has 2 aromatic rings. The van der Waals surface area contributed by atoms with E-state index in [0.717, 1.165) is 12.8 Å². The first kappa shape index (κ1) is 22.1. The molecule has 0 aliphatic carbocycles. The third kappa shape index (κ3) is 4.18. The number of nitrogens with one attached hydrogen (secondary N) is 2. The Balaban J connectivity index is 1.61. The van der Waals surface area contributed by atoms with Crippen LogP contribution in [-0.4, -0.2) is 62.3 Å². The van der Waals surface area contributed by atoms with Gasteiger partial charge in [-0.25, -0.2) is 9.78 Å². The van der Waals surface area contributed by atoms with Crippen LogP contribution in [0.25, 0.3) is 10.9 Å². The second-order valence-electron chi connectivity index (χ2n) is 8.92. The van der Waals surface area contributed by atoms with Crippen molar-refractivity contribution in [3.05, 3.63) is 26.9 Å². The Kier molecular flexibility index (Phi) is 5.78. The molecule has 4 rings (SSSR count). The van der Waals surface area contributed by atoms with E-state index >= 15 is 0 Å².